The highest BCUT2D eigenvalue weighted by molar-refractivity contribution is 6.17. The second-order valence-corrected chi connectivity index (χ2v) is 4.02. The summed E-state index contributed by atoms with van der Waals surface area (Å²) in [6.07, 6.45) is -0.527. The molecule has 1 aromatic rings. The summed E-state index contributed by atoms with van der Waals surface area (Å²) in [6, 6.07) is 3.06. The van der Waals surface area contributed by atoms with Crippen LogP contribution in [0.15, 0.2) is 18.3 Å². The Balaban J connectivity index is 2.69. The van der Waals surface area contributed by atoms with E-state index >= 15 is 0 Å². The highest BCUT2D eigenvalue weighted by Gasteiger charge is 2.18. The lowest BCUT2D eigenvalue weighted by molar-refractivity contribution is -0.136. The monoisotopic (exact) mass is 259 g/mol. The molecule has 0 fully saturated rings. The number of aliphatic hydroxyl groups excluding tert-OH is 2. The van der Waals surface area contributed by atoms with Gasteiger partial charge < -0.3 is 15.3 Å². The third-order valence-corrected chi connectivity index (χ3v) is 2.51. The first-order valence-corrected chi connectivity index (χ1v) is 5.66. The van der Waals surface area contributed by atoms with Gasteiger partial charge in [0, 0.05) is 17.6 Å². The molecule has 3 N–H and O–H groups in total. The van der Waals surface area contributed by atoms with Gasteiger partial charge in [-0.25, -0.2) is 0 Å². The lowest BCUT2D eigenvalue weighted by Crippen LogP contribution is -2.19. The molecular formula is C11H14ClNO4. The number of aromatic nitrogens is 1. The summed E-state index contributed by atoms with van der Waals surface area (Å²) in [5.74, 6) is -0.712. The van der Waals surface area contributed by atoms with Gasteiger partial charge in [-0.1, -0.05) is 6.07 Å². The number of hydrogen-bond acceptors (Lipinski definition) is 4. The van der Waals surface area contributed by atoms with Crippen molar-refractivity contribution in [2.24, 2.45) is 0 Å². The van der Waals surface area contributed by atoms with Crippen LogP contribution in [0.1, 0.15) is 23.8 Å². The quantitative estimate of drug-likeness (QED) is 0.655. The van der Waals surface area contributed by atoms with Crippen LogP contribution in [0.2, 0.25) is 0 Å². The van der Waals surface area contributed by atoms with Crippen LogP contribution in [0.5, 0.6) is 0 Å². The lowest BCUT2D eigenvalue weighted by atomic mass is 10.0. The molecule has 17 heavy (non-hydrogen) atoms. The predicted molar refractivity (Wildman–Crippen MR) is 61.9 cm³/mol. The molecule has 1 aromatic heterocycles. The summed E-state index contributed by atoms with van der Waals surface area (Å²) in [5, 5.41) is 27.8. The first-order chi connectivity index (χ1) is 8.04. The predicted octanol–water partition coefficient (Wildman–Crippen LogP) is 0.732. The van der Waals surface area contributed by atoms with Crippen LogP contribution in [0, 0.1) is 0 Å². The largest absolute Gasteiger partial charge is 0.481 e. The van der Waals surface area contributed by atoms with Crippen LogP contribution in [-0.4, -0.2) is 38.3 Å². The van der Waals surface area contributed by atoms with E-state index < -0.39 is 18.2 Å². The van der Waals surface area contributed by atoms with Gasteiger partial charge in [0.25, 0.3) is 0 Å². The van der Waals surface area contributed by atoms with Crippen LogP contribution in [0.25, 0.3) is 0 Å². The number of halogens is 1. The zero-order valence-corrected chi connectivity index (χ0v) is 9.84. The number of nitrogens with zero attached hydrogens (tertiary/aromatic N) is 1. The Bertz CT molecular complexity index is 368. The van der Waals surface area contributed by atoms with Crippen molar-refractivity contribution in [2.75, 3.05) is 5.88 Å². The van der Waals surface area contributed by atoms with Crippen molar-refractivity contribution in [3.63, 3.8) is 0 Å². The molecule has 1 rings (SSSR count). The minimum atomic E-state index is -1.06. The fraction of sp³-hybridized carbons (Fsp3) is 0.455. The zero-order chi connectivity index (χ0) is 12.8. The number of carbonyl (C=O) groups is 1. The molecule has 94 valence electrons. The summed E-state index contributed by atoms with van der Waals surface area (Å²) < 4.78 is 0. The van der Waals surface area contributed by atoms with Crippen molar-refractivity contribution in [1.29, 1.82) is 0 Å². The number of carboxylic acid groups (broad SMARTS) is 1. The van der Waals surface area contributed by atoms with E-state index in [0.717, 1.165) is 0 Å². The van der Waals surface area contributed by atoms with Crippen molar-refractivity contribution in [3.05, 3.63) is 29.6 Å². The Morgan fingerprint density at radius 2 is 2.12 bits per heavy atom. The first kappa shape index (κ1) is 13.9. The lowest BCUT2D eigenvalue weighted by Gasteiger charge is -2.16. The number of carboxylic acids is 1. The summed E-state index contributed by atoms with van der Waals surface area (Å²) in [7, 11) is 0. The highest BCUT2D eigenvalue weighted by Crippen LogP contribution is 2.18. The normalized spacial score (nSPS) is 14.3. The summed E-state index contributed by atoms with van der Waals surface area (Å²) in [4.78, 5) is 14.3. The van der Waals surface area contributed by atoms with Gasteiger partial charge in [0.15, 0.2) is 0 Å². The first-order valence-electron chi connectivity index (χ1n) is 5.13. The van der Waals surface area contributed by atoms with E-state index in [-0.39, 0.29) is 18.7 Å². The molecule has 0 aliphatic heterocycles. The highest BCUT2D eigenvalue weighted by atomic mass is 35.5. The van der Waals surface area contributed by atoms with Crippen LogP contribution in [0.4, 0.5) is 0 Å². The Morgan fingerprint density at radius 1 is 1.41 bits per heavy atom. The van der Waals surface area contributed by atoms with E-state index in [0.29, 0.717) is 11.3 Å². The molecule has 0 amide bonds. The maximum absolute atomic E-state index is 10.4. The molecule has 0 saturated heterocycles. The molecule has 1 heterocycles. The fourth-order valence-corrected chi connectivity index (χ4v) is 1.59. The summed E-state index contributed by atoms with van der Waals surface area (Å²) in [6.45, 7) is 0. The number of aliphatic hydroxyl groups is 2. The molecular weight excluding hydrogens is 246 g/mol. The molecule has 0 saturated carbocycles. The van der Waals surface area contributed by atoms with Crippen LogP contribution >= 0.6 is 11.6 Å². The number of alkyl halides is 1. The third-order valence-electron chi connectivity index (χ3n) is 2.29. The number of aliphatic carboxylic acids is 1. The van der Waals surface area contributed by atoms with E-state index in [2.05, 4.69) is 4.98 Å². The molecule has 0 bridgehead atoms. The number of rotatable bonds is 6. The van der Waals surface area contributed by atoms with E-state index in [9.17, 15) is 15.0 Å². The van der Waals surface area contributed by atoms with E-state index in [4.69, 9.17) is 16.7 Å². The number of pyridine rings is 1. The van der Waals surface area contributed by atoms with Gasteiger partial charge in [-0.05, 0) is 12.5 Å². The van der Waals surface area contributed by atoms with Crippen molar-refractivity contribution in [3.8, 4) is 0 Å². The van der Waals surface area contributed by atoms with E-state index in [1.54, 1.807) is 6.07 Å². The van der Waals surface area contributed by atoms with Gasteiger partial charge in [-0.3, -0.25) is 9.78 Å². The standard InChI is InChI=1S/C11H14ClNO4/c12-4-3-9(14)11(17)7-1-2-8(13-6-7)5-10(15)16/h1-2,6,9,11,14,17H,3-5H2,(H,15,16). The molecule has 0 radical (unpaired) electrons. The van der Waals surface area contributed by atoms with Gasteiger partial charge in [-0.2, -0.15) is 0 Å². The topological polar surface area (TPSA) is 90.7 Å². The van der Waals surface area contributed by atoms with Gasteiger partial charge >= 0.3 is 5.97 Å². The average molecular weight is 260 g/mol. The molecule has 6 heteroatoms. The molecule has 2 unspecified atom stereocenters. The van der Waals surface area contributed by atoms with Gasteiger partial charge in [0.2, 0.25) is 0 Å². The van der Waals surface area contributed by atoms with Crippen molar-refractivity contribution < 1.29 is 20.1 Å². The molecule has 0 aliphatic carbocycles. The summed E-state index contributed by atoms with van der Waals surface area (Å²) >= 11 is 5.46. The SMILES string of the molecule is O=C(O)Cc1ccc(C(O)C(O)CCCl)cn1. The maximum atomic E-state index is 10.4. The van der Waals surface area contributed by atoms with Crippen LogP contribution < -0.4 is 0 Å². The van der Waals surface area contributed by atoms with Crippen LogP contribution in [0.3, 0.4) is 0 Å². The molecule has 0 aromatic carbocycles. The Kier molecular flexibility index (Phi) is 5.34. The van der Waals surface area contributed by atoms with Crippen molar-refractivity contribution in [1.82, 2.24) is 4.98 Å². The minimum absolute atomic E-state index is 0.166. The van der Waals surface area contributed by atoms with E-state index in [1.165, 1.54) is 12.3 Å². The van der Waals surface area contributed by atoms with Crippen molar-refractivity contribution >= 4 is 17.6 Å². The smallest absolute Gasteiger partial charge is 0.309 e. The Hall–Kier alpha value is -1.17. The summed E-state index contributed by atoms with van der Waals surface area (Å²) in [5.41, 5.74) is 0.844. The molecule has 2 atom stereocenters. The molecule has 5 nitrogen and oxygen atoms in total. The molecule has 0 aliphatic rings. The van der Waals surface area contributed by atoms with E-state index in [1.807, 2.05) is 0 Å². The third kappa shape index (κ3) is 4.30. The maximum Gasteiger partial charge on any atom is 0.309 e. The minimum Gasteiger partial charge on any atom is -0.481 e. The Labute approximate surface area is 104 Å². The van der Waals surface area contributed by atoms with Gasteiger partial charge in [-0.15, -0.1) is 11.6 Å². The zero-order valence-electron chi connectivity index (χ0n) is 9.08. The Morgan fingerprint density at radius 3 is 2.59 bits per heavy atom. The van der Waals surface area contributed by atoms with Gasteiger partial charge in [0.05, 0.1) is 18.2 Å². The van der Waals surface area contributed by atoms with Gasteiger partial charge in [0.1, 0.15) is 6.10 Å². The second kappa shape index (κ2) is 6.54. The number of hydrogen-bond donors (Lipinski definition) is 3. The molecule has 0 spiro atoms. The fourth-order valence-electron chi connectivity index (χ4n) is 1.36. The van der Waals surface area contributed by atoms with Crippen LogP contribution in [-0.2, 0) is 11.2 Å². The second-order valence-electron chi connectivity index (χ2n) is 3.64. The van der Waals surface area contributed by atoms with Crippen molar-refractivity contribution in [2.45, 2.75) is 25.0 Å². The average Bonchev–Trinajstić information content (AvgIpc) is 2.28.